The van der Waals surface area contributed by atoms with Gasteiger partial charge >= 0.3 is 0 Å². The first kappa shape index (κ1) is 15.8. The Balaban J connectivity index is 2.62. The standard InChI is InChI=1S/C11H22FNO4S/c1-7(2)16-11-9(17-8(3)10(11)12)5-6-18(14,15)13-4/h7-11,13H,5-6H2,1-4H3/t8-,9+,10-,11+/m0/s1. The monoisotopic (exact) mass is 283 g/mol. The molecule has 1 heterocycles. The maximum Gasteiger partial charge on any atom is 0.211 e. The molecule has 1 aliphatic heterocycles. The molecule has 0 aromatic rings. The molecule has 0 saturated carbocycles. The van der Waals surface area contributed by atoms with Crippen LogP contribution in [-0.2, 0) is 19.5 Å². The van der Waals surface area contributed by atoms with Gasteiger partial charge in [0.15, 0.2) is 6.17 Å². The summed E-state index contributed by atoms with van der Waals surface area (Å²) in [6.45, 7) is 5.27. The van der Waals surface area contributed by atoms with Gasteiger partial charge in [0, 0.05) is 0 Å². The number of ether oxygens (including phenoxy) is 2. The summed E-state index contributed by atoms with van der Waals surface area (Å²) in [5.74, 6) is -0.0917. The van der Waals surface area contributed by atoms with Crippen LogP contribution in [0.5, 0.6) is 0 Å². The molecule has 108 valence electrons. The molecule has 0 unspecified atom stereocenters. The number of alkyl halides is 1. The highest BCUT2D eigenvalue weighted by molar-refractivity contribution is 7.89. The third kappa shape index (κ3) is 4.15. The molecule has 1 saturated heterocycles. The Kier molecular flexibility index (Phi) is 5.51. The smallest absolute Gasteiger partial charge is 0.211 e. The highest BCUT2D eigenvalue weighted by atomic mass is 32.2. The summed E-state index contributed by atoms with van der Waals surface area (Å²) >= 11 is 0. The van der Waals surface area contributed by atoms with Gasteiger partial charge in [-0.2, -0.15) is 0 Å². The lowest BCUT2D eigenvalue weighted by Crippen LogP contribution is -2.36. The van der Waals surface area contributed by atoms with E-state index in [2.05, 4.69) is 4.72 Å². The Bertz CT molecular complexity index is 360. The largest absolute Gasteiger partial charge is 0.370 e. The van der Waals surface area contributed by atoms with E-state index >= 15 is 0 Å². The lowest BCUT2D eigenvalue weighted by atomic mass is 10.1. The third-order valence-corrected chi connectivity index (χ3v) is 4.32. The quantitative estimate of drug-likeness (QED) is 0.785. The molecule has 0 spiro atoms. The molecule has 4 atom stereocenters. The average molecular weight is 283 g/mol. The molecule has 0 amide bonds. The van der Waals surface area contributed by atoms with Crippen LogP contribution in [0.25, 0.3) is 0 Å². The number of rotatable bonds is 6. The molecule has 0 aromatic carbocycles. The fourth-order valence-electron chi connectivity index (χ4n) is 1.98. The molecule has 0 bridgehead atoms. The first-order valence-corrected chi connectivity index (χ1v) is 7.78. The van der Waals surface area contributed by atoms with Crippen molar-refractivity contribution in [1.82, 2.24) is 4.72 Å². The average Bonchev–Trinajstić information content (AvgIpc) is 2.54. The Morgan fingerprint density at radius 1 is 1.44 bits per heavy atom. The van der Waals surface area contributed by atoms with Gasteiger partial charge in [-0.3, -0.25) is 0 Å². The van der Waals surface area contributed by atoms with Crippen molar-refractivity contribution in [2.24, 2.45) is 0 Å². The minimum Gasteiger partial charge on any atom is -0.370 e. The number of nitrogens with one attached hydrogen (secondary N) is 1. The number of hydrogen-bond acceptors (Lipinski definition) is 4. The molecule has 7 heteroatoms. The van der Waals surface area contributed by atoms with Gasteiger partial charge < -0.3 is 9.47 Å². The van der Waals surface area contributed by atoms with Gasteiger partial charge in [0.25, 0.3) is 0 Å². The van der Waals surface area contributed by atoms with Crippen molar-refractivity contribution in [2.75, 3.05) is 12.8 Å². The lowest BCUT2D eigenvalue weighted by Gasteiger charge is -2.22. The lowest BCUT2D eigenvalue weighted by molar-refractivity contribution is -0.0539. The van der Waals surface area contributed by atoms with Gasteiger partial charge in [-0.1, -0.05) is 0 Å². The zero-order chi connectivity index (χ0) is 13.9. The molecule has 1 aliphatic rings. The summed E-state index contributed by atoms with van der Waals surface area (Å²) in [6.07, 6.45) is -2.87. The zero-order valence-electron chi connectivity index (χ0n) is 11.2. The van der Waals surface area contributed by atoms with Crippen LogP contribution in [0.4, 0.5) is 4.39 Å². The highest BCUT2D eigenvalue weighted by Gasteiger charge is 2.44. The second-order valence-electron chi connectivity index (χ2n) is 4.79. The summed E-state index contributed by atoms with van der Waals surface area (Å²) in [6, 6.07) is 0. The van der Waals surface area contributed by atoms with Crippen LogP contribution in [-0.4, -0.2) is 51.8 Å². The van der Waals surface area contributed by atoms with E-state index in [1.54, 1.807) is 6.92 Å². The maximum atomic E-state index is 13.9. The van der Waals surface area contributed by atoms with Gasteiger partial charge in [-0.15, -0.1) is 0 Å². The van der Waals surface area contributed by atoms with Crippen LogP contribution < -0.4 is 4.72 Å². The predicted molar refractivity (Wildman–Crippen MR) is 66.7 cm³/mol. The van der Waals surface area contributed by atoms with E-state index in [4.69, 9.17) is 9.47 Å². The molecule has 1 N–H and O–H groups in total. The van der Waals surface area contributed by atoms with E-state index < -0.39 is 34.5 Å². The van der Waals surface area contributed by atoms with Gasteiger partial charge in [0.2, 0.25) is 10.0 Å². The molecule has 0 radical (unpaired) electrons. The zero-order valence-corrected chi connectivity index (χ0v) is 12.0. The van der Waals surface area contributed by atoms with Gasteiger partial charge in [0.1, 0.15) is 6.10 Å². The van der Waals surface area contributed by atoms with E-state index in [-0.39, 0.29) is 18.3 Å². The summed E-state index contributed by atoms with van der Waals surface area (Å²) in [7, 11) is -1.95. The summed E-state index contributed by atoms with van der Waals surface area (Å²) in [5, 5.41) is 0. The van der Waals surface area contributed by atoms with Crippen molar-refractivity contribution >= 4 is 10.0 Å². The van der Waals surface area contributed by atoms with E-state index in [0.717, 1.165) is 0 Å². The van der Waals surface area contributed by atoms with E-state index in [9.17, 15) is 12.8 Å². The Labute approximate surface area is 108 Å². The Hall–Kier alpha value is -0.240. The highest BCUT2D eigenvalue weighted by Crippen LogP contribution is 2.29. The minimum atomic E-state index is -3.30. The summed E-state index contributed by atoms with van der Waals surface area (Å²) in [5.41, 5.74) is 0. The molecular weight excluding hydrogens is 261 g/mol. The number of sulfonamides is 1. The molecular formula is C11H22FNO4S. The normalized spacial score (nSPS) is 33.2. The first-order valence-electron chi connectivity index (χ1n) is 6.13. The second kappa shape index (κ2) is 6.27. The van der Waals surface area contributed by atoms with Crippen LogP contribution in [0.1, 0.15) is 27.2 Å². The van der Waals surface area contributed by atoms with E-state index in [1.807, 2.05) is 13.8 Å². The summed E-state index contributed by atoms with van der Waals surface area (Å²) in [4.78, 5) is 0. The predicted octanol–water partition coefficient (Wildman–Crippen LogP) is 0.845. The SMILES string of the molecule is CNS(=O)(=O)CC[C@H]1O[C@@H](C)[C@H](F)[C@@H]1OC(C)C. The fraction of sp³-hybridized carbons (Fsp3) is 1.00. The van der Waals surface area contributed by atoms with Gasteiger partial charge in [0.05, 0.1) is 24.1 Å². The van der Waals surface area contributed by atoms with Crippen LogP contribution in [0.15, 0.2) is 0 Å². The van der Waals surface area contributed by atoms with E-state index in [0.29, 0.717) is 0 Å². The van der Waals surface area contributed by atoms with Crippen molar-refractivity contribution in [3.63, 3.8) is 0 Å². The van der Waals surface area contributed by atoms with Crippen LogP contribution in [0.2, 0.25) is 0 Å². The third-order valence-electron chi connectivity index (χ3n) is 2.93. The van der Waals surface area contributed by atoms with E-state index in [1.165, 1.54) is 7.05 Å². The number of halogens is 1. The molecule has 0 aliphatic carbocycles. The molecule has 5 nitrogen and oxygen atoms in total. The van der Waals surface area contributed by atoms with Crippen LogP contribution in [0, 0.1) is 0 Å². The molecule has 1 fully saturated rings. The van der Waals surface area contributed by atoms with Crippen molar-refractivity contribution in [3.05, 3.63) is 0 Å². The topological polar surface area (TPSA) is 64.6 Å². The Morgan fingerprint density at radius 2 is 2.06 bits per heavy atom. The van der Waals surface area contributed by atoms with Crippen LogP contribution in [0.3, 0.4) is 0 Å². The molecule has 1 rings (SSSR count). The van der Waals surface area contributed by atoms with Crippen LogP contribution >= 0.6 is 0 Å². The van der Waals surface area contributed by atoms with Crippen molar-refractivity contribution in [1.29, 1.82) is 0 Å². The fourth-order valence-corrected chi connectivity index (χ4v) is 2.73. The maximum absolute atomic E-state index is 13.9. The molecule has 18 heavy (non-hydrogen) atoms. The second-order valence-corrected chi connectivity index (χ2v) is 6.83. The molecule has 0 aromatic heterocycles. The number of hydrogen-bond donors (Lipinski definition) is 1. The Morgan fingerprint density at radius 3 is 2.56 bits per heavy atom. The summed E-state index contributed by atoms with van der Waals surface area (Å²) < 4.78 is 49.7. The first-order chi connectivity index (χ1) is 8.26. The minimum absolute atomic E-state index is 0.0917. The van der Waals surface area contributed by atoms with Crippen molar-refractivity contribution in [3.8, 4) is 0 Å². The van der Waals surface area contributed by atoms with Crippen molar-refractivity contribution < 1.29 is 22.3 Å². The van der Waals surface area contributed by atoms with Crippen molar-refractivity contribution in [2.45, 2.75) is 57.8 Å². The van der Waals surface area contributed by atoms with Gasteiger partial charge in [-0.05, 0) is 34.2 Å². The van der Waals surface area contributed by atoms with Gasteiger partial charge in [-0.25, -0.2) is 17.5 Å².